The zero-order chi connectivity index (χ0) is 13.0. The van der Waals surface area contributed by atoms with Gasteiger partial charge in [0.25, 0.3) is 0 Å². The van der Waals surface area contributed by atoms with Crippen LogP contribution in [0.15, 0.2) is 41.1 Å². The Morgan fingerprint density at radius 1 is 1.28 bits per heavy atom. The summed E-state index contributed by atoms with van der Waals surface area (Å²) in [6.45, 7) is 0.539. The van der Waals surface area contributed by atoms with Gasteiger partial charge in [-0.05, 0) is 42.8 Å². The van der Waals surface area contributed by atoms with E-state index in [0.29, 0.717) is 23.2 Å². The third-order valence-electron chi connectivity index (χ3n) is 2.32. The maximum Gasteiger partial charge on any atom is 0.166 e. The lowest BCUT2D eigenvalue weighted by atomic mass is 10.2. The molecule has 0 atom stereocenters. The number of nitrogens with two attached hydrogens (primary N) is 1. The topological polar surface area (TPSA) is 48.1 Å². The summed E-state index contributed by atoms with van der Waals surface area (Å²) >= 11 is 3.19. The van der Waals surface area contributed by atoms with Crippen LogP contribution in [0.25, 0.3) is 0 Å². The minimum atomic E-state index is -0.423. The molecule has 0 bridgehead atoms. The minimum Gasteiger partial charge on any atom is -0.453 e. The molecule has 18 heavy (non-hydrogen) atoms. The third-order valence-corrected chi connectivity index (χ3v) is 2.82. The highest BCUT2D eigenvalue weighted by Crippen LogP contribution is 2.26. The van der Waals surface area contributed by atoms with Crippen molar-refractivity contribution in [3.8, 4) is 11.5 Å². The van der Waals surface area contributed by atoms with Gasteiger partial charge in [-0.3, -0.25) is 4.98 Å². The van der Waals surface area contributed by atoms with E-state index < -0.39 is 5.82 Å². The first kappa shape index (κ1) is 13.0. The Labute approximate surface area is 113 Å². The zero-order valence-electron chi connectivity index (χ0n) is 9.57. The maximum atomic E-state index is 13.6. The molecule has 0 radical (unpaired) electrons. The van der Waals surface area contributed by atoms with Gasteiger partial charge in [-0.15, -0.1) is 0 Å². The van der Waals surface area contributed by atoms with Gasteiger partial charge in [0.05, 0.1) is 6.20 Å². The van der Waals surface area contributed by atoms with E-state index >= 15 is 0 Å². The van der Waals surface area contributed by atoms with Crippen LogP contribution in [0.5, 0.6) is 11.5 Å². The van der Waals surface area contributed by atoms with Gasteiger partial charge in [0.15, 0.2) is 11.6 Å². The Bertz CT molecular complexity index is 548. The largest absolute Gasteiger partial charge is 0.453 e. The number of aromatic nitrogens is 1. The van der Waals surface area contributed by atoms with Crippen LogP contribution < -0.4 is 10.5 Å². The summed E-state index contributed by atoms with van der Waals surface area (Å²) in [6, 6.07) is 6.44. The zero-order valence-corrected chi connectivity index (χ0v) is 11.2. The normalized spacial score (nSPS) is 10.4. The molecule has 2 rings (SSSR count). The number of pyridine rings is 1. The Balaban J connectivity index is 2.20. The molecule has 0 fully saturated rings. The molecule has 0 unspecified atom stereocenters. The molecule has 0 aliphatic heterocycles. The second-order valence-electron chi connectivity index (χ2n) is 3.74. The van der Waals surface area contributed by atoms with E-state index in [0.717, 1.165) is 5.56 Å². The van der Waals surface area contributed by atoms with E-state index in [1.54, 1.807) is 30.6 Å². The summed E-state index contributed by atoms with van der Waals surface area (Å²) < 4.78 is 19.7. The number of ether oxygens (including phenoxy) is 1. The van der Waals surface area contributed by atoms with Gasteiger partial charge in [-0.1, -0.05) is 15.9 Å². The van der Waals surface area contributed by atoms with Crippen LogP contribution in [0.2, 0.25) is 0 Å². The molecule has 3 nitrogen and oxygen atoms in total. The van der Waals surface area contributed by atoms with Crippen molar-refractivity contribution < 1.29 is 9.13 Å². The quantitative estimate of drug-likeness (QED) is 0.942. The molecule has 2 aromatic rings. The van der Waals surface area contributed by atoms with Crippen LogP contribution in [0.4, 0.5) is 4.39 Å². The van der Waals surface area contributed by atoms with E-state index in [4.69, 9.17) is 10.5 Å². The van der Waals surface area contributed by atoms with Gasteiger partial charge in [0, 0.05) is 10.7 Å². The van der Waals surface area contributed by atoms with Crippen molar-refractivity contribution in [2.45, 2.75) is 6.42 Å². The number of halogens is 2. The van der Waals surface area contributed by atoms with Gasteiger partial charge in [-0.25, -0.2) is 4.39 Å². The summed E-state index contributed by atoms with van der Waals surface area (Å²) in [5.41, 5.74) is 6.44. The second-order valence-corrected chi connectivity index (χ2v) is 4.66. The third kappa shape index (κ3) is 3.27. The van der Waals surface area contributed by atoms with Crippen LogP contribution in [-0.4, -0.2) is 11.5 Å². The average molecular weight is 311 g/mol. The second kappa shape index (κ2) is 5.93. The summed E-state index contributed by atoms with van der Waals surface area (Å²) in [6.07, 6.45) is 3.98. The fourth-order valence-electron chi connectivity index (χ4n) is 1.51. The number of rotatable bonds is 4. The maximum absolute atomic E-state index is 13.6. The number of hydrogen-bond acceptors (Lipinski definition) is 3. The summed E-state index contributed by atoms with van der Waals surface area (Å²) in [5, 5.41) is 0. The van der Waals surface area contributed by atoms with Crippen LogP contribution in [0.1, 0.15) is 5.56 Å². The van der Waals surface area contributed by atoms with Crippen LogP contribution in [0, 0.1) is 5.82 Å². The van der Waals surface area contributed by atoms with Crippen molar-refractivity contribution in [1.29, 1.82) is 0 Å². The first-order chi connectivity index (χ1) is 8.69. The van der Waals surface area contributed by atoms with Crippen molar-refractivity contribution in [3.05, 3.63) is 52.5 Å². The van der Waals surface area contributed by atoms with E-state index in [1.165, 1.54) is 6.07 Å². The highest BCUT2D eigenvalue weighted by Gasteiger charge is 2.06. The molecule has 0 saturated heterocycles. The molecule has 2 N–H and O–H groups in total. The predicted octanol–water partition coefficient (Wildman–Crippen LogP) is 3.28. The van der Waals surface area contributed by atoms with Crippen molar-refractivity contribution in [3.63, 3.8) is 0 Å². The predicted molar refractivity (Wildman–Crippen MR) is 71.2 cm³/mol. The van der Waals surface area contributed by atoms with Crippen LogP contribution in [0.3, 0.4) is 0 Å². The van der Waals surface area contributed by atoms with Crippen LogP contribution >= 0.6 is 15.9 Å². The van der Waals surface area contributed by atoms with Gasteiger partial charge < -0.3 is 10.5 Å². The molecule has 0 saturated carbocycles. The lowest BCUT2D eigenvalue weighted by molar-refractivity contribution is 0.440. The molecule has 0 aliphatic carbocycles. The van der Waals surface area contributed by atoms with E-state index in [2.05, 4.69) is 20.9 Å². The summed E-state index contributed by atoms with van der Waals surface area (Å²) in [7, 11) is 0. The number of nitrogens with zero attached hydrogens (tertiary/aromatic N) is 1. The van der Waals surface area contributed by atoms with Gasteiger partial charge >= 0.3 is 0 Å². The standard InChI is InChI=1S/C13H12BrFN2O/c14-10-1-2-13(12(15)6-10)18-11-5-9(3-4-16)7-17-8-11/h1-2,5-8H,3-4,16H2. The Morgan fingerprint density at radius 3 is 2.83 bits per heavy atom. The molecule has 1 heterocycles. The fraction of sp³-hybridized carbons (Fsp3) is 0.154. The van der Waals surface area contributed by atoms with Gasteiger partial charge in [0.2, 0.25) is 0 Å². The van der Waals surface area contributed by atoms with E-state index in [1.807, 2.05) is 0 Å². The number of benzene rings is 1. The molecule has 0 spiro atoms. The monoisotopic (exact) mass is 310 g/mol. The minimum absolute atomic E-state index is 0.171. The molecular formula is C13H12BrFN2O. The smallest absolute Gasteiger partial charge is 0.166 e. The summed E-state index contributed by atoms with van der Waals surface area (Å²) in [5.74, 6) is 0.251. The first-order valence-corrected chi connectivity index (χ1v) is 6.25. The Morgan fingerprint density at radius 2 is 2.11 bits per heavy atom. The summed E-state index contributed by atoms with van der Waals surface area (Å²) in [4.78, 5) is 4.03. The van der Waals surface area contributed by atoms with Crippen LogP contribution in [-0.2, 0) is 6.42 Å². The van der Waals surface area contributed by atoms with Crippen molar-refractivity contribution >= 4 is 15.9 Å². The molecule has 1 aromatic carbocycles. The average Bonchev–Trinajstić information content (AvgIpc) is 2.34. The fourth-order valence-corrected chi connectivity index (χ4v) is 1.84. The van der Waals surface area contributed by atoms with E-state index in [9.17, 15) is 4.39 Å². The molecule has 94 valence electrons. The van der Waals surface area contributed by atoms with E-state index in [-0.39, 0.29) is 5.75 Å². The van der Waals surface area contributed by atoms with Crippen molar-refractivity contribution in [2.75, 3.05) is 6.54 Å². The van der Waals surface area contributed by atoms with Gasteiger partial charge in [0.1, 0.15) is 5.75 Å². The molecule has 1 aromatic heterocycles. The molecular weight excluding hydrogens is 299 g/mol. The van der Waals surface area contributed by atoms with Crippen molar-refractivity contribution in [1.82, 2.24) is 4.98 Å². The van der Waals surface area contributed by atoms with Crippen molar-refractivity contribution in [2.24, 2.45) is 5.73 Å². The highest BCUT2D eigenvalue weighted by atomic mass is 79.9. The Kier molecular flexibility index (Phi) is 4.28. The highest BCUT2D eigenvalue weighted by molar-refractivity contribution is 9.10. The number of hydrogen-bond donors (Lipinski definition) is 1. The Hall–Kier alpha value is -1.46. The lowest BCUT2D eigenvalue weighted by Gasteiger charge is -2.07. The first-order valence-electron chi connectivity index (χ1n) is 5.46. The van der Waals surface area contributed by atoms with Gasteiger partial charge in [-0.2, -0.15) is 0 Å². The SMILES string of the molecule is NCCc1cncc(Oc2ccc(Br)cc2F)c1. The molecule has 5 heteroatoms. The lowest BCUT2D eigenvalue weighted by Crippen LogP contribution is -2.03. The molecule has 0 aliphatic rings. The molecule has 0 amide bonds.